The lowest BCUT2D eigenvalue weighted by atomic mass is 10.1. The van der Waals surface area contributed by atoms with Gasteiger partial charge in [0, 0.05) is 31.1 Å². The summed E-state index contributed by atoms with van der Waals surface area (Å²) in [7, 11) is 1.85. The second kappa shape index (κ2) is 6.21. The van der Waals surface area contributed by atoms with Gasteiger partial charge in [-0.2, -0.15) is 0 Å². The molecule has 1 aliphatic rings. The highest BCUT2D eigenvalue weighted by molar-refractivity contribution is 6.30. The molecule has 18 heavy (non-hydrogen) atoms. The van der Waals surface area contributed by atoms with Crippen molar-refractivity contribution in [2.75, 3.05) is 13.6 Å². The van der Waals surface area contributed by atoms with Crippen LogP contribution in [0.4, 0.5) is 0 Å². The number of rotatable bonds is 4. The molecular formula is C14H19ClN2O. The molecule has 0 aromatic heterocycles. The fourth-order valence-corrected chi connectivity index (χ4v) is 2.38. The lowest BCUT2D eigenvalue weighted by Gasteiger charge is -2.19. The van der Waals surface area contributed by atoms with E-state index >= 15 is 0 Å². The Kier molecular flexibility index (Phi) is 4.61. The number of hydrogen-bond acceptors (Lipinski definition) is 2. The third-order valence-corrected chi connectivity index (χ3v) is 3.59. The monoisotopic (exact) mass is 266 g/mol. The molecule has 1 aromatic rings. The highest BCUT2D eigenvalue weighted by Gasteiger charge is 2.19. The van der Waals surface area contributed by atoms with Gasteiger partial charge in [-0.3, -0.25) is 4.79 Å². The Morgan fingerprint density at radius 1 is 1.44 bits per heavy atom. The van der Waals surface area contributed by atoms with Gasteiger partial charge in [-0.05, 0) is 37.1 Å². The van der Waals surface area contributed by atoms with Gasteiger partial charge in [-0.25, -0.2) is 0 Å². The number of benzene rings is 1. The average Bonchev–Trinajstić information content (AvgIpc) is 2.85. The molecule has 1 atom stereocenters. The van der Waals surface area contributed by atoms with Crippen LogP contribution in [0.2, 0.25) is 5.02 Å². The Morgan fingerprint density at radius 3 is 2.78 bits per heavy atom. The van der Waals surface area contributed by atoms with E-state index in [-0.39, 0.29) is 5.91 Å². The summed E-state index contributed by atoms with van der Waals surface area (Å²) in [4.78, 5) is 13.8. The van der Waals surface area contributed by atoms with Gasteiger partial charge in [0.25, 0.3) is 0 Å². The average molecular weight is 267 g/mol. The molecule has 1 heterocycles. The molecule has 98 valence electrons. The predicted molar refractivity (Wildman–Crippen MR) is 73.6 cm³/mol. The van der Waals surface area contributed by atoms with Crippen molar-refractivity contribution in [1.29, 1.82) is 0 Å². The highest BCUT2D eigenvalue weighted by atomic mass is 35.5. The van der Waals surface area contributed by atoms with Gasteiger partial charge in [-0.1, -0.05) is 23.7 Å². The smallest absolute Gasteiger partial charge is 0.224 e. The van der Waals surface area contributed by atoms with Crippen molar-refractivity contribution in [3.63, 3.8) is 0 Å². The van der Waals surface area contributed by atoms with Gasteiger partial charge in [0.15, 0.2) is 0 Å². The van der Waals surface area contributed by atoms with Gasteiger partial charge < -0.3 is 10.2 Å². The van der Waals surface area contributed by atoms with Crippen molar-refractivity contribution in [2.45, 2.75) is 31.8 Å². The third-order valence-electron chi connectivity index (χ3n) is 3.34. The first-order chi connectivity index (χ1) is 8.65. The molecule has 1 unspecified atom stereocenters. The molecule has 1 N–H and O–H groups in total. The molecule has 1 aliphatic heterocycles. The first-order valence-electron chi connectivity index (χ1n) is 6.37. The predicted octanol–water partition coefficient (Wildman–Crippen LogP) is 2.44. The van der Waals surface area contributed by atoms with E-state index in [0.717, 1.165) is 23.6 Å². The fourth-order valence-electron chi connectivity index (χ4n) is 2.25. The molecule has 4 heteroatoms. The van der Waals surface area contributed by atoms with Gasteiger partial charge in [0.05, 0.1) is 0 Å². The lowest BCUT2D eigenvalue weighted by Crippen LogP contribution is -2.33. The second-order valence-corrected chi connectivity index (χ2v) is 5.31. The van der Waals surface area contributed by atoms with Crippen LogP contribution < -0.4 is 5.32 Å². The van der Waals surface area contributed by atoms with E-state index < -0.39 is 0 Å². The lowest BCUT2D eigenvalue weighted by molar-refractivity contribution is -0.130. The summed E-state index contributed by atoms with van der Waals surface area (Å²) < 4.78 is 0. The van der Waals surface area contributed by atoms with Crippen LogP contribution in [0.5, 0.6) is 0 Å². The van der Waals surface area contributed by atoms with Gasteiger partial charge in [0.1, 0.15) is 0 Å². The summed E-state index contributed by atoms with van der Waals surface area (Å²) in [6, 6.07) is 7.99. The minimum Gasteiger partial charge on any atom is -0.341 e. The highest BCUT2D eigenvalue weighted by Crippen LogP contribution is 2.13. The molecule has 0 bridgehead atoms. The first kappa shape index (κ1) is 13.4. The van der Waals surface area contributed by atoms with Gasteiger partial charge >= 0.3 is 0 Å². The molecular weight excluding hydrogens is 248 g/mol. The number of halogens is 1. The Labute approximate surface area is 113 Å². The van der Waals surface area contributed by atoms with Crippen LogP contribution >= 0.6 is 11.6 Å². The number of nitrogens with one attached hydrogen (secondary N) is 1. The molecule has 1 saturated heterocycles. The first-order valence-corrected chi connectivity index (χ1v) is 6.75. The van der Waals surface area contributed by atoms with Crippen molar-refractivity contribution < 1.29 is 4.79 Å². The molecule has 1 fully saturated rings. The minimum absolute atomic E-state index is 0.198. The van der Waals surface area contributed by atoms with E-state index in [1.54, 1.807) is 4.90 Å². The van der Waals surface area contributed by atoms with Crippen LogP contribution in [-0.4, -0.2) is 30.4 Å². The van der Waals surface area contributed by atoms with Crippen molar-refractivity contribution in [1.82, 2.24) is 10.2 Å². The number of nitrogens with zero attached hydrogens (tertiary/aromatic N) is 1. The molecule has 2 rings (SSSR count). The van der Waals surface area contributed by atoms with E-state index in [0.29, 0.717) is 19.0 Å². The van der Waals surface area contributed by atoms with E-state index in [1.165, 1.54) is 6.42 Å². The zero-order valence-electron chi connectivity index (χ0n) is 10.7. The quantitative estimate of drug-likeness (QED) is 0.908. The number of carbonyl (C=O) groups is 1. The Bertz CT molecular complexity index is 399. The van der Waals surface area contributed by atoms with E-state index in [2.05, 4.69) is 5.32 Å². The van der Waals surface area contributed by atoms with Crippen LogP contribution in [0.25, 0.3) is 0 Å². The van der Waals surface area contributed by atoms with Crippen LogP contribution in [-0.2, 0) is 11.3 Å². The van der Waals surface area contributed by atoms with Crippen LogP contribution in [0, 0.1) is 0 Å². The Morgan fingerprint density at radius 2 is 2.17 bits per heavy atom. The maximum Gasteiger partial charge on any atom is 0.224 e. The van der Waals surface area contributed by atoms with Crippen LogP contribution in [0.15, 0.2) is 24.3 Å². The zero-order chi connectivity index (χ0) is 13.0. The van der Waals surface area contributed by atoms with Crippen molar-refractivity contribution in [3.8, 4) is 0 Å². The Balaban J connectivity index is 1.84. The summed E-state index contributed by atoms with van der Waals surface area (Å²) in [6.45, 7) is 1.68. The molecule has 1 amide bonds. The van der Waals surface area contributed by atoms with Crippen LogP contribution in [0.3, 0.4) is 0 Å². The number of carbonyl (C=O) groups excluding carboxylic acids is 1. The minimum atomic E-state index is 0.198. The summed E-state index contributed by atoms with van der Waals surface area (Å²) in [5, 5.41) is 4.07. The molecule has 0 radical (unpaired) electrons. The normalized spacial score (nSPS) is 18.9. The Hall–Kier alpha value is -1.06. The SMILES string of the molecule is CN(Cc1ccc(Cl)cc1)C(=O)CC1CCCN1. The summed E-state index contributed by atoms with van der Waals surface area (Å²) in [5.41, 5.74) is 1.11. The molecule has 0 aliphatic carbocycles. The molecule has 0 saturated carbocycles. The molecule has 0 spiro atoms. The van der Waals surface area contributed by atoms with Gasteiger partial charge in [0.2, 0.25) is 5.91 Å². The number of hydrogen-bond donors (Lipinski definition) is 1. The third kappa shape index (κ3) is 3.72. The van der Waals surface area contributed by atoms with E-state index in [9.17, 15) is 4.79 Å². The standard InChI is InChI=1S/C14H19ClN2O/c1-17(10-11-4-6-12(15)7-5-11)14(18)9-13-3-2-8-16-13/h4-7,13,16H,2-3,8-10H2,1H3. The summed E-state index contributed by atoms with van der Waals surface area (Å²) >= 11 is 5.84. The summed E-state index contributed by atoms with van der Waals surface area (Å²) in [6.07, 6.45) is 2.89. The van der Waals surface area contributed by atoms with E-state index in [4.69, 9.17) is 11.6 Å². The maximum atomic E-state index is 12.0. The maximum absolute atomic E-state index is 12.0. The molecule has 1 aromatic carbocycles. The van der Waals surface area contributed by atoms with Crippen molar-refractivity contribution in [3.05, 3.63) is 34.9 Å². The molecule has 3 nitrogen and oxygen atoms in total. The van der Waals surface area contributed by atoms with Gasteiger partial charge in [-0.15, -0.1) is 0 Å². The van der Waals surface area contributed by atoms with Crippen LogP contribution in [0.1, 0.15) is 24.8 Å². The van der Waals surface area contributed by atoms with E-state index in [1.807, 2.05) is 31.3 Å². The van der Waals surface area contributed by atoms with Crippen molar-refractivity contribution >= 4 is 17.5 Å². The zero-order valence-corrected chi connectivity index (χ0v) is 11.4. The van der Waals surface area contributed by atoms with Crippen molar-refractivity contribution in [2.24, 2.45) is 0 Å². The number of amides is 1. The topological polar surface area (TPSA) is 32.3 Å². The fraction of sp³-hybridized carbons (Fsp3) is 0.500. The summed E-state index contributed by atoms with van der Waals surface area (Å²) in [5.74, 6) is 0.198. The largest absolute Gasteiger partial charge is 0.341 e. The second-order valence-electron chi connectivity index (χ2n) is 4.87.